The molecule has 0 radical (unpaired) electrons. The molecule has 0 spiro atoms. The number of benzene rings is 1. The molecule has 0 heterocycles. The van der Waals surface area contributed by atoms with Crippen molar-refractivity contribution in [3.05, 3.63) is 33.9 Å². The van der Waals surface area contributed by atoms with Crippen LogP contribution in [0, 0.1) is 22.0 Å². The molecule has 0 aliphatic carbocycles. The first-order valence-corrected chi connectivity index (χ1v) is 4.28. The Hall–Kier alpha value is -1.73. The smallest absolute Gasteiger partial charge is 0.307 e. The van der Waals surface area contributed by atoms with Gasteiger partial charge < -0.3 is 5.73 Å². The zero-order valence-corrected chi connectivity index (χ0v) is 7.91. The number of hydrogen-bond acceptors (Lipinski definition) is 3. The quantitative estimate of drug-likeness (QED) is 0.253. The van der Waals surface area contributed by atoms with E-state index < -0.39 is 4.92 Å². The van der Waals surface area contributed by atoms with Crippen LogP contribution < -0.4 is 5.73 Å². The van der Waals surface area contributed by atoms with Crippen molar-refractivity contribution in [2.24, 2.45) is 0 Å². The van der Waals surface area contributed by atoms with Crippen molar-refractivity contribution >= 4 is 23.0 Å². The highest BCUT2D eigenvalue weighted by atomic mass is 35.5. The first kappa shape index (κ1) is 10.4. The van der Waals surface area contributed by atoms with Gasteiger partial charge in [0.25, 0.3) is 0 Å². The minimum atomic E-state index is -0.548. The minimum absolute atomic E-state index is 0.108. The molecule has 1 rings (SSSR count). The maximum absolute atomic E-state index is 10.6. The molecule has 4 nitrogen and oxygen atoms in total. The maximum Gasteiger partial charge on any atom is 0.307 e. The highest BCUT2D eigenvalue weighted by molar-refractivity contribution is 6.19. The van der Waals surface area contributed by atoms with Crippen LogP contribution in [0.1, 0.15) is 5.56 Å². The van der Waals surface area contributed by atoms with Crippen molar-refractivity contribution in [1.82, 2.24) is 0 Å². The van der Waals surface area contributed by atoms with Crippen LogP contribution in [0.25, 0.3) is 0 Å². The van der Waals surface area contributed by atoms with Crippen LogP contribution in [0.15, 0.2) is 18.2 Å². The van der Waals surface area contributed by atoms with E-state index in [0.717, 1.165) is 0 Å². The predicted octanol–water partition coefficient (Wildman–Crippen LogP) is 1.77. The second-order valence-electron chi connectivity index (χ2n) is 2.44. The number of nitro groups is 1. The third-order valence-corrected chi connectivity index (χ3v) is 1.67. The van der Waals surface area contributed by atoms with Crippen molar-refractivity contribution < 1.29 is 4.92 Å². The Bertz CT molecular complexity index is 421. The molecule has 72 valence electrons. The van der Waals surface area contributed by atoms with E-state index in [1.165, 1.54) is 12.1 Å². The lowest BCUT2D eigenvalue weighted by Crippen LogP contribution is -1.98. The number of nitrogen functional groups attached to an aromatic ring is 1. The summed E-state index contributed by atoms with van der Waals surface area (Å²) in [4.78, 5) is 10.1. The van der Waals surface area contributed by atoms with Crippen LogP contribution in [0.2, 0.25) is 0 Å². The molecule has 14 heavy (non-hydrogen) atoms. The fourth-order valence-electron chi connectivity index (χ4n) is 0.995. The van der Waals surface area contributed by atoms with Crippen molar-refractivity contribution in [3.63, 3.8) is 0 Å². The van der Waals surface area contributed by atoms with Gasteiger partial charge in [-0.3, -0.25) is 10.1 Å². The van der Waals surface area contributed by atoms with E-state index in [9.17, 15) is 10.1 Å². The molecule has 0 saturated heterocycles. The molecule has 1 aromatic carbocycles. The van der Waals surface area contributed by atoms with Crippen molar-refractivity contribution in [2.45, 2.75) is 0 Å². The van der Waals surface area contributed by atoms with Gasteiger partial charge in [-0.05, 0) is 12.1 Å². The molecule has 0 atom stereocenters. The standard InChI is InChI=1S/C9H7ClN2O2/c10-6-2-4-7-3-1-5-8(11)9(7)12(13)14/h1,3,5H,6,11H2. The highest BCUT2D eigenvalue weighted by Crippen LogP contribution is 2.24. The molecule has 1 aromatic rings. The normalized spacial score (nSPS) is 8.93. The van der Waals surface area contributed by atoms with Gasteiger partial charge in [0.1, 0.15) is 11.3 Å². The first-order valence-electron chi connectivity index (χ1n) is 3.74. The van der Waals surface area contributed by atoms with Gasteiger partial charge >= 0.3 is 5.69 Å². The van der Waals surface area contributed by atoms with E-state index in [-0.39, 0.29) is 22.8 Å². The number of hydrogen-bond donors (Lipinski definition) is 1. The number of rotatable bonds is 1. The van der Waals surface area contributed by atoms with Gasteiger partial charge in [-0.25, -0.2) is 0 Å². The van der Waals surface area contributed by atoms with Crippen LogP contribution in [0.5, 0.6) is 0 Å². The Labute approximate surface area is 85.8 Å². The SMILES string of the molecule is Nc1cccc(C#CCCl)c1[N+](=O)[O-]. The second kappa shape index (κ2) is 4.49. The van der Waals surface area contributed by atoms with Gasteiger partial charge in [-0.2, -0.15) is 0 Å². The molecule has 0 unspecified atom stereocenters. The Morgan fingerprint density at radius 3 is 2.86 bits per heavy atom. The van der Waals surface area contributed by atoms with Gasteiger partial charge in [0.05, 0.1) is 10.8 Å². The Morgan fingerprint density at radius 2 is 2.29 bits per heavy atom. The van der Waals surface area contributed by atoms with Crippen LogP contribution in [0.4, 0.5) is 11.4 Å². The summed E-state index contributed by atoms with van der Waals surface area (Å²) in [5.41, 5.74) is 5.69. The van der Waals surface area contributed by atoms with Gasteiger partial charge in [0.15, 0.2) is 0 Å². The van der Waals surface area contributed by atoms with Crippen molar-refractivity contribution in [1.29, 1.82) is 0 Å². The van der Waals surface area contributed by atoms with Crippen LogP contribution in [-0.2, 0) is 0 Å². The number of alkyl halides is 1. The molecular weight excluding hydrogens is 204 g/mol. The molecule has 0 aliphatic heterocycles. The molecule has 0 amide bonds. The summed E-state index contributed by atoms with van der Waals surface area (Å²) in [6.07, 6.45) is 0. The Kier molecular flexibility index (Phi) is 3.32. The summed E-state index contributed by atoms with van der Waals surface area (Å²) < 4.78 is 0. The number of halogens is 1. The summed E-state index contributed by atoms with van der Waals surface area (Å²) in [7, 11) is 0. The molecule has 0 aromatic heterocycles. The van der Waals surface area contributed by atoms with E-state index in [2.05, 4.69) is 11.8 Å². The summed E-state index contributed by atoms with van der Waals surface area (Å²) >= 11 is 5.35. The lowest BCUT2D eigenvalue weighted by molar-refractivity contribution is -0.384. The zero-order chi connectivity index (χ0) is 10.6. The summed E-state index contributed by atoms with van der Waals surface area (Å²) in [5.74, 6) is 5.25. The lowest BCUT2D eigenvalue weighted by atomic mass is 10.1. The van der Waals surface area contributed by atoms with Gasteiger partial charge in [0, 0.05) is 0 Å². The zero-order valence-electron chi connectivity index (χ0n) is 7.16. The van der Waals surface area contributed by atoms with E-state index in [0.29, 0.717) is 0 Å². The maximum atomic E-state index is 10.6. The summed E-state index contributed by atoms with van der Waals surface area (Å²) in [5, 5.41) is 10.6. The molecule has 0 fully saturated rings. The number of anilines is 1. The highest BCUT2D eigenvalue weighted by Gasteiger charge is 2.15. The molecule has 2 N–H and O–H groups in total. The third-order valence-electron chi connectivity index (χ3n) is 1.54. The van der Waals surface area contributed by atoms with Gasteiger partial charge in [-0.1, -0.05) is 17.9 Å². The lowest BCUT2D eigenvalue weighted by Gasteiger charge is -1.98. The number of nitrogens with zero attached hydrogens (tertiary/aromatic N) is 1. The largest absolute Gasteiger partial charge is 0.393 e. The molecule has 0 bridgehead atoms. The fraction of sp³-hybridized carbons (Fsp3) is 0.111. The number of nitrogens with two attached hydrogens (primary N) is 1. The van der Waals surface area contributed by atoms with Crippen LogP contribution in [0.3, 0.4) is 0 Å². The van der Waals surface area contributed by atoms with Crippen LogP contribution >= 0.6 is 11.6 Å². The van der Waals surface area contributed by atoms with Crippen molar-refractivity contribution in [2.75, 3.05) is 11.6 Å². The average Bonchev–Trinajstić information content (AvgIpc) is 2.14. The second-order valence-corrected chi connectivity index (χ2v) is 2.70. The number of nitro benzene ring substituents is 1. The monoisotopic (exact) mass is 210 g/mol. The molecule has 5 heteroatoms. The van der Waals surface area contributed by atoms with Gasteiger partial charge in [-0.15, -0.1) is 11.6 Å². The van der Waals surface area contributed by atoms with E-state index in [4.69, 9.17) is 17.3 Å². The van der Waals surface area contributed by atoms with Crippen molar-refractivity contribution in [3.8, 4) is 11.8 Å². The third kappa shape index (κ3) is 2.15. The van der Waals surface area contributed by atoms with Gasteiger partial charge in [0.2, 0.25) is 0 Å². The Morgan fingerprint density at radius 1 is 1.57 bits per heavy atom. The van der Waals surface area contributed by atoms with Crippen LogP contribution in [-0.4, -0.2) is 10.8 Å². The first-order chi connectivity index (χ1) is 6.66. The molecule has 0 aliphatic rings. The topological polar surface area (TPSA) is 69.2 Å². The van der Waals surface area contributed by atoms with E-state index in [1.54, 1.807) is 6.07 Å². The number of para-hydroxylation sites is 1. The van der Waals surface area contributed by atoms with E-state index in [1.807, 2.05) is 0 Å². The Balaban J connectivity index is 3.28. The molecule has 0 saturated carbocycles. The predicted molar refractivity (Wildman–Crippen MR) is 55.1 cm³/mol. The fourth-order valence-corrected chi connectivity index (χ4v) is 1.06. The van der Waals surface area contributed by atoms with E-state index >= 15 is 0 Å². The average molecular weight is 211 g/mol. The summed E-state index contributed by atoms with van der Waals surface area (Å²) in [6, 6.07) is 4.61. The minimum Gasteiger partial charge on any atom is -0.393 e. The molecular formula is C9H7ClN2O2. The summed E-state index contributed by atoms with van der Waals surface area (Å²) in [6.45, 7) is 0.